The molecule has 3 aromatic carbocycles. The molecule has 0 aliphatic carbocycles. The molecule has 2 atom stereocenters. The Morgan fingerprint density at radius 2 is 1.63 bits per heavy atom. The molecule has 0 saturated heterocycles. The molecule has 0 spiro atoms. The summed E-state index contributed by atoms with van der Waals surface area (Å²) in [4.78, 5) is 0. The molecular formula is C22H18N2O3. The SMILES string of the molecule is Oc1ccc([C@@H]2Oc3ccccc3[C@@H]3CC(c4ccccc4O)=NN32)cc1. The lowest BCUT2D eigenvalue weighted by Gasteiger charge is -2.38. The maximum absolute atomic E-state index is 10.3. The van der Waals surface area contributed by atoms with Crippen molar-refractivity contribution < 1.29 is 14.9 Å². The predicted octanol–water partition coefficient (Wildman–Crippen LogP) is 4.34. The molecule has 0 amide bonds. The summed E-state index contributed by atoms with van der Waals surface area (Å²) in [6.07, 6.45) is 0.292. The summed E-state index contributed by atoms with van der Waals surface area (Å²) in [7, 11) is 0. The van der Waals surface area contributed by atoms with Gasteiger partial charge in [-0.1, -0.05) is 30.3 Å². The van der Waals surface area contributed by atoms with Crippen molar-refractivity contribution in [1.82, 2.24) is 5.01 Å². The molecule has 2 aliphatic heterocycles. The van der Waals surface area contributed by atoms with Crippen LogP contribution in [0.2, 0.25) is 0 Å². The van der Waals surface area contributed by atoms with Crippen LogP contribution in [0.4, 0.5) is 0 Å². The van der Waals surface area contributed by atoms with Crippen molar-refractivity contribution in [1.29, 1.82) is 0 Å². The van der Waals surface area contributed by atoms with Gasteiger partial charge in [0.1, 0.15) is 17.2 Å². The number of benzene rings is 3. The number of fused-ring (bicyclic) bond motifs is 3. The van der Waals surface area contributed by atoms with Crippen LogP contribution in [0.3, 0.4) is 0 Å². The maximum atomic E-state index is 10.3. The molecule has 134 valence electrons. The van der Waals surface area contributed by atoms with Crippen LogP contribution in [0, 0.1) is 0 Å². The molecule has 5 heteroatoms. The first kappa shape index (κ1) is 15.8. The van der Waals surface area contributed by atoms with Gasteiger partial charge in [0, 0.05) is 23.1 Å². The van der Waals surface area contributed by atoms with Gasteiger partial charge in [-0.05, 0) is 42.5 Å². The van der Waals surface area contributed by atoms with E-state index < -0.39 is 6.23 Å². The third-order valence-corrected chi connectivity index (χ3v) is 5.09. The van der Waals surface area contributed by atoms with Crippen molar-refractivity contribution in [2.24, 2.45) is 5.10 Å². The van der Waals surface area contributed by atoms with E-state index in [-0.39, 0.29) is 17.5 Å². The number of hydrogen-bond acceptors (Lipinski definition) is 5. The van der Waals surface area contributed by atoms with Crippen LogP contribution in [-0.2, 0) is 0 Å². The van der Waals surface area contributed by atoms with Gasteiger partial charge < -0.3 is 14.9 Å². The average Bonchev–Trinajstić information content (AvgIpc) is 3.14. The second kappa shape index (κ2) is 6.06. The van der Waals surface area contributed by atoms with Crippen molar-refractivity contribution in [3.05, 3.63) is 89.5 Å². The van der Waals surface area contributed by atoms with Crippen molar-refractivity contribution >= 4 is 5.71 Å². The number of hydrazone groups is 1. The Bertz CT molecular complexity index is 1030. The monoisotopic (exact) mass is 358 g/mol. The molecular weight excluding hydrogens is 340 g/mol. The molecule has 27 heavy (non-hydrogen) atoms. The van der Waals surface area contributed by atoms with E-state index in [0.717, 1.165) is 28.2 Å². The molecule has 5 rings (SSSR count). The second-order valence-electron chi connectivity index (χ2n) is 6.76. The van der Waals surface area contributed by atoms with E-state index in [9.17, 15) is 10.2 Å². The number of phenols is 2. The summed E-state index contributed by atoms with van der Waals surface area (Å²) >= 11 is 0. The molecule has 2 N–H and O–H groups in total. The Hall–Kier alpha value is -3.47. The number of rotatable bonds is 2. The topological polar surface area (TPSA) is 65.3 Å². The Kier molecular flexibility index (Phi) is 3.53. The average molecular weight is 358 g/mol. The van der Waals surface area contributed by atoms with Gasteiger partial charge in [0.15, 0.2) is 0 Å². The van der Waals surface area contributed by atoms with Crippen LogP contribution in [0.15, 0.2) is 77.9 Å². The summed E-state index contributed by atoms with van der Waals surface area (Å²) in [6, 6.07) is 22.3. The standard InChI is InChI=1S/C22H18N2O3/c25-15-11-9-14(10-12-15)22-24-19(17-6-2-4-8-21(17)27-22)13-18(23-24)16-5-1-3-7-20(16)26/h1-12,19,22,25-26H,13H2/t19-,22-/m0/s1. The third-order valence-electron chi connectivity index (χ3n) is 5.09. The zero-order valence-electron chi connectivity index (χ0n) is 14.5. The summed E-state index contributed by atoms with van der Waals surface area (Å²) in [5.74, 6) is 1.28. The molecule has 2 heterocycles. The smallest absolute Gasteiger partial charge is 0.213 e. The van der Waals surface area contributed by atoms with E-state index in [4.69, 9.17) is 9.84 Å². The van der Waals surface area contributed by atoms with Crippen LogP contribution >= 0.6 is 0 Å². The Morgan fingerprint density at radius 3 is 2.44 bits per heavy atom. The van der Waals surface area contributed by atoms with Gasteiger partial charge in [0.2, 0.25) is 6.23 Å². The number of phenolic OH excluding ortho intramolecular Hbond substituents is 2. The summed E-state index contributed by atoms with van der Waals surface area (Å²) in [5.41, 5.74) is 3.58. The van der Waals surface area contributed by atoms with Crippen molar-refractivity contribution in [3.8, 4) is 17.2 Å². The molecule has 0 bridgehead atoms. The zero-order chi connectivity index (χ0) is 18.4. The lowest BCUT2D eigenvalue weighted by atomic mass is 9.95. The quantitative estimate of drug-likeness (QED) is 0.715. The van der Waals surface area contributed by atoms with Crippen LogP contribution in [0.25, 0.3) is 0 Å². The Labute approximate surface area is 156 Å². The van der Waals surface area contributed by atoms with Crippen LogP contribution in [0.5, 0.6) is 17.2 Å². The van der Waals surface area contributed by atoms with Crippen LogP contribution in [-0.4, -0.2) is 20.9 Å². The van der Waals surface area contributed by atoms with Gasteiger partial charge in [0.25, 0.3) is 0 Å². The van der Waals surface area contributed by atoms with Gasteiger partial charge in [-0.15, -0.1) is 0 Å². The fourth-order valence-electron chi connectivity index (χ4n) is 3.77. The number of para-hydroxylation sites is 2. The molecule has 0 radical (unpaired) electrons. The molecule has 2 aliphatic rings. The minimum atomic E-state index is -0.395. The molecule has 5 nitrogen and oxygen atoms in total. The van der Waals surface area contributed by atoms with E-state index in [1.165, 1.54) is 0 Å². The first-order valence-electron chi connectivity index (χ1n) is 8.89. The lowest BCUT2D eigenvalue weighted by Crippen LogP contribution is -2.33. The molecule has 0 unspecified atom stereocenters. The van der Waals surface area contributed by atoms with Crippen LogP contribution in [0.1, 0.15) is 35.4 Å². The summed E-state index contributed by atoms with van der Waals surface area (Å²) in [6.45, 7) is 0. The fraction of sp³-hybridized carbons (Fsp3) is 0.136. The number of aromatic hydroxyl groups is 2. The van der Waals surface area contributed by atoms with Crippen molar-refractivity contribution in [2.75, 3.05) is 0 Å². The Balaban J connectivity index is 1.61. The minimum Gasteiger partial charge on any atom is -0.508 e. The highest BCUT2D eigenvalue weighted by Gasteiger charge is 2.41. The van der Waals surface area contributed by atoms with E-state index in [1.54, 1.807) is 24.3 Å². The normalized spacial score (nSPS) is 20.4. The number of nitrogens with zero attached hydrogens (tertiary/aromatic N) is 2. The second-order valence-corrected chi connectivity index (χ2v) is 6.76. The van der Waals surface area contributed by atoms with Gasteiger partial charge in [-0.25, -0.2) is 5.01 Å². The minimum absolute atomic E-state index is 0.0309. The van der Waals surface area contributed by atoms with E-state index in [1.807, 2.05) is 47.5 Å². The number of hydrogen-bond donors (Lipinski definition) is 2. The van der Waals surface area contributed by atoms with E-state index >= 15 is 0 Å². The Morgan fingerprint density at radius 1 is 0.889 bits per heavy atom. The van der Waals surface area contributed by atoms with Gasteiger partial charge >= 0.3 is 0 Å². The first-order valence-corrected chi connectivity index (χ1v) is 8.89. The van der Waals surface area contributed by atoms with Gasteiger partial charge in [0.05, 0.1) is 11.8 Å². The van der Waals surface area contributed by atoms with Crippen molar-refractivity contribution in [3.63, 3.8) is 0 Å². The molecule has 0 aromatic heterocycles. The number of ether oxygens (including phenoxy) is 1. The molecule has 3 aromatic rings. The maximum Gasteiger partial charge on any atom is 0.213 e. The lowest BCUT2D eigenvalue weighted by molar-refractivity contribution is -0.0190. The molecule has 0 saturated carbocycles. The highest BCUT2D eigenvalue weighted by molar-refractivity contribution is 6.04. The van der Waals surface area contributed by atoms with Gasteiger partial charge in [-0.3, -0.25) is 0 Å². The first-order chi connectivity index (χ1) is 13.2. The predicted molar refractivity (Wildman–Crippen MR) is 102 cm³/mol. The zero-order valence-corrected chi connectivity index (χ0v) is 14.5. The van der Waals surface area contributed by atoms with Crippen molar-refractivity contribution in [2.45, 2.75) is 18.7 Å². The summed E-state index contributed by atoms with van der Waals surface area (Å²) in [5, 5.41) is 26.6. The fourth-order valence-corrected chi connectivity index (χ4v) is 3.77. The van der Waals surface area contributed by atoms with Gasteiger partial charge in [-0.2, -0.15) is 5.10 Å². The van der Waals surface area contributed by atoms with Crippen LogP contribution < -0.4 is 4.74 Å². The summed E-state index contributed by atoms with van der Waals surface area (Å²) < 4.78 is 6.26. The highest BCUT2D eigenvalue weighted by Crippen LogP contribution is 2.47. The highest BCUT2D eigenvalue weighted by atomic mass is 16.5. The molecule has 0 fully saturated rings. The van der Waals surface area contributed by atoms with E-state index in [0.29, 0.717) is 6.42 Å². The third kappa shape index (κ3) is 2.59. The van der Waals surface area contributed by atoms with E-state index in [2.05, 4.69) is 6.07 Å². The largest absolute Gasteiger partial charge is 0.508 e.